The summed E-state index contributed by atoms with van der Waals surface area (Å²) in [5, 5.41) is 33.0. The summed E-state index contributed by atoms with van der Waals surface area (Å²) in [5.41, 5.74) is -0.729. The summed E-state index contributed by atoms with van der Waals surface area (Å²) >= 11 is 0. The Balaban J connectivity index is 2.24. The molecule has 0 radical (unpaired) electrons. The van der Waals surface area contributed by atoms with Crippen LogP contribution in [0.25, 0.3) is 0 Å². The number of nitrogens with one attached hydrogen (secondary N) is 1. The lowest BCUT2D eigenvalue weighted by Crippen LogP contribution is -2.13. The maximum absolute atomic E-state index is 11.9. The Morgan fingerprint density at radius 2 is 1.82 bits per heavy atom. The molecule has 2 rings (SSSR count). The maximum Gasteiger partial charge on any atom is 0.291 e. The smallest absolute Gasteiger partial charge is 0.291 e. The van der Waals surface area contributed by atoms with E-state index in [2.05, 4.69) is 10.3 Å². The average molecular weight is 304 g/mol. The fraction of sp³-hybridized carbons (Fsp3) is 0. The molecule has 1 amide bonds. The SMILES string of the molecule is O=C(Nc1ncc([N+](=O)[O-])cc1O)c1cccc([N+](=O)[O-])c1. The van der Waals surface area contributed by atoms with Crippen LogP contribution in [0.3, 0.4) is 0 Å². The Morgan fingerprint density at radius 1 is 1.14 bits per heavy atom. The van der Waals surface area contributed by atoms with Crippen molar-refractivity contribution < 1.29 is 19.7 Å². The van der Waals surface area contributed by atoms with Gasteiger partial charge in [0.05, 0.1) is 15.9 Å². The van der Waals surface area contributed by atoms with E-state index in [4.69, 9.17) is 0 Å². The Hall–Kier alpha value is -3.56. The molecular weight excluding hydrogens is 296 g/mol. The van der Waals surface area contributed by atoms with Crippen molar-refractivity contribution in [3.63, 3.8) is 0 Å². The van der Waals surface area contributed by atoms with Gasteiger partial charge in [-0.1, -0.05) is 6.07 Å². The highest BCUT2D eigenvalue weighted by atomic mass is 16.6. The van der Waals surface area contributed by atoms with Gasteiger partial charge in [-0.2, -0.15) is 0 Å². The second-order valence-electron chi connectivity index (χ2n) is 4.08. The number of rotatable bonds is 4. The van der Waals surface area contributed by atoms with E-state index in [1.54, 1.807) is 0 Å². The number of aromatic nitrogens is 1. The number of carbonyl (C=O) groups excluding carboxylic acids is 1. The normalized spacial score (nSPS) is 10.0. The van der Waals surface area contributed by atoms with Crippen molar-refractivity contribution in [1.29, 1.82) is 0 Å². The molecule has 1 aromatic carbocycles. The zero-order chi connectivity index (χ0) is 16.3. The van der Waals surface area contributed by atoms with Gasteiger partial charge in [0.25, 0.3) is 17.3 Å². The number of nitro benzene ring substituents is 1. The first-order valence-electron chi connectivity index (χ1n) is 5.77. The lowest BCUT2D eigenvalue weighted by atomic mass is 10.2. The summed E-state index contributed by atoms with van der Waals surface area (Å²) in [6.07, 6.45) is 0.864. The molecule has 0 saturated carbocycles. The number of anilines is 1. The minimum atomic E-state index is -0.751. The molecule has 0 spiro atoms. The molecular formula is C12H8N4O6. The van der Waals surface area contributed by atoms with E-state index >= 15 is 0 Å². The third-order valence-electron chi connectivity index (χ3n) is 2.62. The van der Waals surface area contributed by atoms with Crippen molar-refractivity contribution in [3.8, 4) is 5.75 Å². The van der Waals surface area contributed by atoms with Crippen molar-refractivity contribution in [1.82, 2.24) is 4.98 Å². The van der Waals surface area contributed by atoms with Gasteiger partial charge in [0.2, 0.25) is 0 Å². The highest BCUT2D eigenvalue weighted by Crippen LogP contribution is 2.25. The van der Waals surface area contributed by atoms with Gasteiger partial charge in [-0.05, 0) is 6.07 Å². The standard InChI is InChI=1S/C12H8N4O6/c17-10-5-9(16(21)22)6-13-11(10)14-12(18)7-2-1-3-8(4-7)15(19)20/h1-6,17H,(H,13,14,18). The van der Waals surface area contributed by atoms with E-state index < -0.39 is 27.2 Å². The Labute approximate surface area is 122 Å². The van der Waals surface area contributed by atoms with Crippen LogP contribution in [0.5, 0.6) is 5.75 Å². The molecule has 2 N–H and O–H groups in total. The molecule has 10 heteroatoms. The molecule has 0 fully saturated rings. The summed E-state index contributed by atoms with van der Waals surface area (Å²) in [6.45, 7) is 0. The van der Waals surface area contributed by atoms with Crippen molar-refractivity contribution in [2.24, 2.45) is 0 Å². The number of benzene rings is 1. The second kappa shape index (κ2) is 5.83. The monoisotopic (exact) mass is 304 g/mol. The van der Waals surface area contributed by atoms with Crippen LogP contribution in [-0.4, -0.2) is 25.8 Å². The summed E-state index contributed by atoms with van der Waals surface area (Å²) in [7, 11) is 0. The number of non-ortho nitro benzene ring substituents is 1. The first-order chi connectivity index (χ1) is 10.4. The Bertz CT molecular complexity index is 776. The molecule has 0 bridgehead atoms. The molecule has 10 nitrogen and oxygen atoms in total. The average Bonchev–Trinajstić information content (AvgIpc) is 2.49. The van der Waals surface area contributed by atoms with Crippen molar-refractivity contribution in [3.05, 3.63) is 62.3 Å². The third kappa shape index (κ3) is 3.12. The molecule has 112 valence electrons. The van der Waals surface area contributed by atoms with Gasteiger partial charge in [-0.3, -0.25) is 25.0 Å². The number of hydrogen-bond donors (Lipinski definition) is 2. The first-order valence-corrected chi connectivity index (χ1v) is 5.77. The van der Waals surface area contributed by atoms with Crippen molar-refractivity contribution in [2.45, 2.75) is 0 Å². The summed E-state index contributed by atoms with van der Waals surface area (Å²) in [5.74, 6) is -1.63. The van der Waals surface area contributed by atoms with Gasteiger partial charge in [-0.15, -0.1) is 0 Å². The van der Waals surface area contributed by atoms with E-state index in [0.717, 1.165) is 18.3 Å². The first kappa shape index (κ1) is 14.8. The topological polar surface area (TPSA) is 148 Å². The number of aromatic hydroxyl groups is 1. The van der Waals surface area contributed by atoms with Gasteiger partial charge in [-0.25, -0.2) is 4.98 Å². The van der Waals surface area contributed by atoms with Crippen LogP contribution in [0.2, 0.25) is 0 Å². The van der Waals surface area contributed by atoms with Gasteiger partial charge in [0, 0.05) is 17.7 Å². The predicted octanol–water partition coefficient (Wildman–Crippen LogP) is 1.86. The molecule has 0 saturated heterocycles. The van der Waals surface area contributed by atoms with E-state index in [1.165, 1.54) is 18.2 Å². The highest BCUT2D eigenvalue weighted by Gasteiger charge is 2.16. The van der Waals surface area contributed by atoms with Gasteiger partial charge < -0.3 is 10.4 Å². The predicted molar refractivity (Wildman–Crippen MR) is 73.6 cm³/mol. The molecule has 2 aromatic rings. The molecule has 0 atom stereocenters. The van der Waals surface area contributed by atoms with Gasteiger partial charge in [0.1, 0.15) is 6.20 Å². The Kier molecular flexibility index (Phi) is 3.93. The molecule has 22 heavy (non-hydrogen) atoms. The Morgan fingerprint density at radius 3 is 2.41 bits per heavy atom. The number of amides is 1. The van der Waals surface area contributed by atoms with E-state index in [-0.39, 0.29) is 17.1 Å². The molecule has 0 aliphatic heterocycles. The minimum absolute atomic E-state index is 0.0197. The number of nitrogens with zero attached hydrogens (tertiary/aromatic N) is 3. The maximum atomic E-state index is 11.9. The van der Waals surface area contributed by atoms with E-state index in [1.807, 2.05) is 0 Å². The lowest BCUT2D eigenvalue weighted by molar-refractivity contribution is -0.385. The van der Waals surface area contributed by atoms with Crippen LogP contribution >= 0.6 is 0 Å². The fourth-order valence-electron chi connectivity index (χ4n) is 1.58. The van der Waals surface area contributed by atoms with Crippen molar-refractivity contribution >= 4 is 23.1 Å². The highest BCUT2D eigenvalue weighted by molar-refractivity contribution is 6.04. The largest absolute Gasteiger partial charge is 0.504 e. The number of hydrogen-bond acceptors (Lipinski definition) is 7. The molecule has 0 aliphatic carbocycles. The van der Waals surface area contributed by atoms with Crippen LogP contribution in [0.1, 0.15) is 10.4 Å². The summed E-state index contributed by atoms with van der Waals surface area (Å²) in [6, 6.07) is 5.77. The van der Waals surface area contributed by atoms with Crippen LogP contribution in [0, 0.1) is 20.2 Å². The lowest BCUT2D eigenvalue weighted by Gasteiger charge is -2.06. The zero-order valence-corrected chi connectivity index (χ0v) is 10.8. The van der Waals surface area contributed by atoms with Gasteiger partial charge in [0.15, 0.2) is 11.6 Å². The van der Waals surface area contributed by atoms with E-state index in [9.17, 15) is 30.1 Å². The minimum Gasteiger partial charge on any atom is -0.504 e. The molecule has 0 aliphatic rings. The van der Waals surface area contributed by atoms with E-state index in [0.29, 0.717) is 0 Å². The zero-order valence-electron chi connectivity index (χ0n) is 10.8. The number of pyridine rings is 1. The summed E-state index contributed by atoms with van der Waals surface area (Å²) < 4.78 is 0. The second-order valence-corrected chi connectivity index (χ2v) is 4.08. The number of nitro groups is 2. The molecule has 0 unspecified atom stereocenters. The number of carbonyl (C=O) groups is 1. The van der Waals surface area contributed by atoms with Crippen LogP contribution in [0.4, 0.5) is 17.2 Å². The van der Waals surface area contributed by atoms with Crippen LogP contribution in [-0.2, 0) is 0 Å². The van der Waals surface area contributed by atoms with Gasteiger partial charge >= 0.3 is 0 Å². The fourth-order valence-corrected chi connectivity index (χ4v) is 1.58. The third-order valence-corrected chi connectivity index (χ3v) is 2.62. The van der Waals surface area contributed by atoms with Crippen molar-refractivity contribution in [2.75, 3.05) is 5.32 Å². The molecule has 1 aromatic heterocycles. The van der Waals surface area contributed by atoms with Crippen LogP contribution in [0.15, 0.2) is 36.5 Å². The summed E-state index contributed by atoms with van der Waals surface area (Å²) in [4.78, 5) is 35.3. The molecule has 1 heterocycles. The van der Waals surface area contributed by atoms with Crippen LogP contribution < -0.4 is 5.32 Å². The quantitative estimate of drug-likeness (QED) is 0.646.